The molecule has 124 valence electrons. The van der Waals surface area contributed by atoms with Gasteiger partial charge in [0, 0.05) is 0 Å². The summed E-state index contributed by atoms with van der Waals surface area (Å²) >= 11 is 0. The van der Waals surface area contributed by atoms with E-state index >= 15 is 0 Å². The summed E-state index contributed by atoms with van der Waals surface area (Å²) in [5, 5.41) is 13.4. The van der Waals surface area contributed by atoms with Crippen LogP contribution in [0.2, 0.25) is 0 Å². The Morgan fingerprint density at radius 1 is 0.958 bits per heavy atom. The molecule has 0 bridgehead atoms. The quantitative estimate of drug-likeness (QED) is 0.656. The average molecular weight is 326 g/mol. The van der Waals surface area contributed by atoms with Gasteiger partial charge in [0.1, 0.15) is 24.7 Å². The Balaban J connectivity index is 1.85. The fourth-order valence-corrected chi connectivity index (χ4v) is 2.74. The first kappa shape index (κ1) is 16.4. The number of aliphatic hydroxyl groups is 1. The third kappa shape index (κ3) is 3.91. The number of fused-ring (bicyclic) bond motifs is 1. The number of rotatable bonds is 7. The van der Waals surface area contributed by atoms with Gasteiger partial charge in [-0.15, -0.1) is 0 Å². The number of nitrogens with two attached hydrogens (primary N) is 1. The zero-order valence-electron chi connectivity index (χ0n) is 13.4. The Bertz CT molecular complexity index is 802. The molecule has 4 heteroatoms. The second-order valence-corrected chi connectivity index (χ2v) is 5.68. The number of hydrogen-bond acceptors (Lipinski definition) is 2. The summed E-state index contributed by atoms with van der Waals surface area (Å²) in [6.45, 7) is 1.93. The van der Waals surface area contributed by atoms with Crippen LogP contribution in [0.1, 0.15) is 11.1 Å². The first-order valence-corrected chi connectivity index (χ1v) is 8.08. The first-order chi connectivity index (χ1) is 11.8. The summed E-state index contributed by atoms with van der Waals surface area (Å²) < 4.78 is 19.0. The van der Waals surface area contributed by atoms with Crippen molar-refractivity contribution in [1.29, 1.82) is 0 Å². The molecule has 0 aliphatic carbocycles. The molecule has 0 atom stereocenters. The van der Waals surface area contributed by atoms with Gasteiger partial charge in [-0.25, -0.2) is 4.39 Å². The maximum absolute atomic E-state index is 13.0. The molecule has 0 radical (unpaired) electrons. The van der Waals surface area contributed by atoms with Gasteiger partial charge in [-0.05, 0) is 34.5 Å². The van der Waals surface area contributed by atoms with Crippen LogP contribution in [0.15, 0.2) is 60.7 Å². The minimum Gasteiger partial charge on any atom is -0.488 e. The molecule has 3 aromatic rings. The van der Waals surface area contributed by atoms with Crippen molar-refractivity contribution in [1.82, 2.24) is 0 Å². The Morgan fingerprint density at radius 3 is 2.54 bits per heavy atom. The minimum atomic E-state index is -0.247. The van der Waals surface area contributed by atoms with Gasteiger partial charge in [-0.3, -0.25) is 0 Å². The molecule has 24 heavy (non-hydrogen) atoms. The van der Waals surface area contributed by atoms with Gasteiger partial charge >= 0.3 is 0 Å². The van der Waals surface area contributed by atoms with Gasteiger partial charge < -0.3 is 15.2 Å². The number of aliphatic hydroxyl groups excluding tert-OH is 1. The third-order valence-electron chi connectivity index (χ3n) is 3.99. The summed E-state index contributed by atoms with van der Waals surface area (Å²) in [6.07, 6.45) is 0. The molecule has 3 aromatic carbocycles. The summed E-state index contributed by atoms with van der Waals surface area (Å²) in [7, 11) is 0. The van der Waals surface area contributed by atoms with Crippen molar-refractivity contribution in [3.8, 4) is 5.75 Å². The van der Waals surface area contributed by atoms with Crippen LogP contribution in [-0.2, 0) is 13.2 Å². The van der Waals surface area contributed by atoms with Crippen molar-refractivity contribution in [2.45, 2.75) is 13.2 Å². The number of benzene rings is 3. The van der Waals surface area contributed by atoms with E-state index in [2.05, 4.69) is 17.4 Å². The third-order valence-corrected chi connectivity index (χ3v) is 3.99. The zero-order valence-corrected chi connectivity index (χ0v) is 13.4. The monoisotopic (exact) mass is 326 g/mol. The van der Waals surface area contributed by atoms with Crippen LogP contribution < -0.4 is 10.1 Å². The van der Waals surface area contributed by atoms with Crippen molar-refractivity contribution in [3.05, 3.63) is 77.6 Å². The first-order valence-electron chi connectivity index (χ1n) is 8.08. The lowest BCUT2D eigenvalue weighted by Crippen LogP contribution is -2.83. The maximum atomic E-state index is 13.0. The van der Waals surface area contributed by atoms with Crippen LogP contribution in [-0.4, -0.2) is 18.3 Å². The van der Waals surface area contributed by atoms with Crippen molar-refractivity contribution < 1.29 is 19.6 Å². The van der Waals surface area contributed by atoms with Gasteiger partial charge in [-0.2, -0.15) is 0 Å². The Hall–Kier alpha value is -2.43. The molecule has 0 amide bonds. The summed E-state index contributed by atoms with van der Waals surface area (Å²) in [5.74, 6) is 0.580. The zero-order chi connectivity index (χ0) is 16.8. The number of ether oxygens (including phenoxy) is 1. The topological polar surface area (TPSA) is 46.1 Å². The normalized spacial score (nSPS) is 10.9. The highest BCUT2D eigenvalue weighted by atomic mass is 19.1. The molecule has 0 heterocycles. The molecule has 0 spiro atoms. The number of hydrogen-bond donors (Lipinski definition) is 2. The molecule has 0 saturated heterocycles. The van der Waals surface area contributed by atoms with Gasteiger partial charge in [0.25, 0.3) is 0 Å². The SMILES string of the molecule is OCC[NH2+]Cc1c(OCc2ccc(F)cc2)ccc2ccccc12. The lowest BCUT2D eigenvalue weighted by Gasteiger charge is -2.14. The highest BCUT2D eigenvalue weighted by molar-refractivity contribution is 5.87. The molecule has 0 aliphatic heterocycles. The van der Waals surface area contributed by atoms with Crippen molar-refractivity contribution in [3.63, 3.8) is 0 Å². The summed E-state index contributed by atoms with van der Waals surface area (Å²) in [5.41, 5.74) is 2.04. The number of quaternary nitrogens is 1. The van der Waals surface area contributed by atoms with Crippen molar-refractivity contribution >= 4 is 10.8 Å². The lowest BCUT2D eigenvalue weighted by molar-refractivity contribution is -0.671. The van der Waals surface area contributed by atoms with E-state index in [1.54, 1.807) is 12.1 Å². The Labute approximate surface area is 140 Å². The van der Waals surface area contributed by atoms with Gasteiger partial charge in [-0.1, -0.05) is 42.5 Å². The summed E-state index contributed by atoms with van der Waals surface area (Å²) in [6, 6.07) is 18.6. The fourth-order valence-electron chi connectivity index (χ4n) is 2.74. The van der Waals surface area contributed by atoms with Crippen LogP contribution in [0.3, 0.4) is 0 Å². The molecule has 3 N–H and O–H groups in total. The highest BCUT2D eigenvalue weighted by Crippen LogP contribution is 2.28. The second kappa shape index (κ2) is 7.90. The van der Waals surface area contributed by atoms with Crippen LogP contribution in [0, 0.1) is 5.82 Å². The van der Waals surface area contributed by atoms with Crippen molar-refractivity contribution in [2.75, 3.05) is 13.2 Å². The van der Waals surface area contributed by atoms with Crippen molar-refractivity contribution in [2.24, 2.45) is 0 Å². The van der Waals surface area contributed by atoms with E-state index in [9.17, 15) is 4.39 Å². The van der Waals surface area contributed by atoms with E-state index < -0.39 is 0 Å². The Morgan fingerprint density at radius 2 is 1.75 bits per heavy atom. The predicted octanol–water partition coefficient (Wildman–Crippen LogP) is 2.61. The maximum Gasteiger partial charge on any atom is 0.129 e. The van der Waals surface area contributed by atoms with Gasteiger partial charge in [0.05, 0.1) is 18.7 Å². The largest absolute Gasteiger partial charge is 0.488 e. The summed E-state index contributed by atoms with van der Waals surface area (Å²) in [4.78, 5) is 0. The molecule has 0 aliphatic rings. The fraction of sp³-hybridized carbons (Fsp3) is 0.200. The minimum absolute atomic E-state index is 0.149. The average Bonchev–Trinajstić information content (AvgIpc) is 2.62. The van der Waals surface area contributed by atoms with Gasteiger partial charge in [0.2, 0.25) is 0 Å². The molecular weight excluding hydrogens is 305 g/mol. The van der Waals surface area contributed by atoms with E-state index in [0.29, 0.717) is 13.2 Å². The number of halogens is 1. The van der Waals surface area contributed by atoms with E-state index in [4.69, 9.17) is 9.84 Å². The molecular formula is C20H21FNO2+. The van der Waals surface area contributed by atoms with E-state index in [1.165, 1.54) is 17.5 Å². The smallest absolute Gasteiger partial charge is 0.129 e. The van der Waals surface area contributed by atoms with E-state index in [1.807, 2.05) is 24.3 Å². The predicted molar refractivity (Wildman–Crippen MR) is 92.3 cm³/mol. The molecule has 0 saturated carbocycles. The van der Waals surface area contributed by atoms with Gasteiger partial charge in [0.15, 0.2) is 0 Å². The lowest BCUT2D eigenvalue weighted by atomic mass is 10.0. The van der Waals surface area contributed by atoms with Crippen LogP contribution in [0.4, 0.5) is 4.39 Å². The van der Waals surface area contributed by atoms with E-state index in [-0.39, 0.29) is 12.4 Å². The molecule has 3 nitrogen and oxygen atoms in total. The molecule has 0 aromatic heterocycles. The van der Waals surface area contributed by atoms with Crippen LogP contribution >= 0.6 is 0 Å². The second-order valence-electron chi connectivity index (χ2n) is 5.68. The van der Waals surface area contributed by atoms with Crippen LogP contribution in [0.5, 0.6) is 5.75 Å². The molecule has 3 rings (SSSR count). The Kier molecular flexibility index (Phi) is 5.41. The molecule has 0 unspecified atom stereocenters. The standard InChI is InChI=1S/C20H20FNO2/c21-17-8-5-15(6-9-17)14-24-20-10-7-16-3-1-2-4-18(16)19(20)13-22-11-12-23/h1-10,22-23H,11-14H2/p+1. The van der Waals surface area contributed by atoms with E-state index in [0.717, 1.165) is 28.8 Å². The molecule has 0 fully saturated rings. The highest BCUT2D eigenvalue weighted by Gasteiger charge is 2.11. The van der Waals surface area contributed by atoms with Crippen LogP contribution in [0.25, 0.3) is 10.8 Å².